The summed E-state index contributed by atoms with van der Waals surface area (Å²) in [5.74, 6) is -0.608. The van der Waals surface area contributed by atoms with E-state index in [0.717, 1.165) is 29.1 Å². The fraction of sp³-hybridized carbons (Fsp3) is 0.125. The average Bonchev–Trinajstić information content (AvgIpc) is 2.45. The zero-order valence-corrected chi connectivity index (χ0v) is 6.72. The maximum atomic E-state index is 12.6. The van der Waals surface area contributed by atoms with Crippen molar-refractivity contribution in [1.82, 2.24) is 9.38 Å². The van der Waals surface area contributed by atoms with Gasteiger partial charge in [-0.3, -0.25) is 0 Å². The molecule has 0 aromatic carbocycles. The summed E-state index contributed by atoms with van der Waals surface area (Å²) in [5.41, 5.74) is -1.16. The van der Waals surface area contributed by atoms with E-state index in [4.69, 9.17) is 0 Å². The average molecular weight is 204 g/mol. The van der Waals surface area contributed by atoms with Crippen molar-refractivity contribution in [3.05, 3.63) is 36.2 Å². The molecule has 0 amide bonds. The molecule has 0 fully saturated rings. The van der Waals surface area contributed by atoms with Gasteiger partial charge in [-0.1, -0.05) is 0 Å². The monoisotopic (exact) mass is 204 g/mol. The summed E-state index contributed by atoms with van der Waals surface area (Å²) in [6.07, 6.45) is -2.63. The summed E-state index contributed by atoms with van der Waals surface area (Å²) < 4.78 is 50.5. The number of alkyl halides is 3. The lowest BCUT2D eigenvalue weighted by Gasteiger charge is -2.02. The smallest absolute Gasteiger partial charge is 0.303 e. The number of aromatic nitrogens is 2. The van der Waals surface area contributed by atoms with E-state index >= 15 is 0 Å². The Bertz CT molecular complexity index is 472. The molecule has 0 N–H and O–H groups in total. The van der Waals surface area contributed by atoms with Crippen LogP contribution in [-0.4, -0.2) is 9.38 Å². The first-order chi connectivity index (χ1) is 6.48. The number of pyridine rings is 1. The van der Waals surface area contributed by atoms with Gasteiger partial charge in [0.05, 0.1) is 5.52 Å². The zero-order valence-electron chi connectivity index (χ0n) is 6.72. The van der Waals surface area contributed by atoms with Gasteiger partial charge in [-0.15, -0.1) is 0 Å². The molecule has 0 aliphatic heterocycles. The third-order valence-corrected chi connectivity index (χ3v) is 1.76. The molecule has 0 unspecified atom stereocenters. The number of hydrogen-bond donors (Lipinski definition) is 0. The summed E-state index contributed by atoms with van der Waals surface area (Å²) in [4.78, 5) is 3.18. The molecule has 0 aliphatic rings. The van der Waals surface area contributed by atoms with Crippen molar-refractivity contribution in [2.75, 3.05) is 0 Å². The van der Waals surface area contributed by atoms with Crippen LogP contribution >= 0.6 is 0 Å². The molecular weight excluding hydrogens is 200 g/mol. The van der Waals surface area contributed by atoms with Gasteiger partial charge in [-0.2, -0.15) is 13.2 Å². The number of nitrogens with zero attached hydrogens (tertiary/aromatic N) is 2. The van der Waals surface area contributed by atoms with Crippen LogP contribution in [-0.2, 0) is 6.18 Å². The second kappa shape index (κ2) is 2.70. The molecule has 74 valence electrons. The second-order valence-corrected chi connectivity index (χ2v) is 2.73. The second-order valence-electron chi connectivity index (χ2n) is 2.73. The third-order valence-electron chi connectivity index (χ3n) is 1.76. The summed E-state index contributed by atoms with van der Waals surface area (Å²) in [5, 5.41) is 0. The van der Waals surface area contributed by atoms with Crippen LogP contribution in [0.15, 0.2) is 24.7 Å². The summed E-state index contributed by atoms with van der Waals surface area (Å²) in [6.45, 7) is 0. The van der Waals surface area contributed by atoms with Gasteiger partial charge in [0.25, 0.3) is 0 Å². The normalized spacial score (nSPS) is 12.3. The molecule has 2 aromatic rings. The molecule has 0 spiro atoms. The Morgan fingerprint density at radius 1 is 1.21 bits per heavy atom. The molecule has 0 saturated carbocycles. The van der Waals surface area contributed by atoms with E-state index in [1.54, 1.807) is 0 Å². The molecule has 14 heavy (non-hydrogen) atoms. The molecule has 0 bridgehead atoms. The highest BCUT2D eigenvalue weighted by molar-refractivity contribution is 5.53. The highest BCUT2D eigenvalue weighted by atomic mass is 19.4. The highest BCUT2D eigenvalue weighted by Crippen LogP contribution is 2.30. The van der Waals surface area contributed by atoms with Crippen molar-refractivity contribution in [3.8, 4) is 0 Å². The summed E-state index contributed by atoms with van der Waals surface area (Å²) in [6, 6.07) is 2.01. The summed E-state index contributed by atoms with van der Waals surface area (Å²) >= 11 is 0. The maximum Gasteiger partial charge on any atom is 0.435 e. The number of hydrogen-bond acceptors (Lipinski definition) is 1. The van der Waals surface area contributed by atoms with Crippen LogP contribution in [0.3, 0.4) is 0 Å². The SMILES string of the molecule is Fc1ccc2c(C(F)(F)F)ncn2c1. The fourth-order valence-electron chi connectivity index (χ4n) is 1.19. The van der Waals surface area contributed by atoms with Gasteiger partial charge in [-0.05, 0) is 12.1 Å². The third kappa shape index (κ3) is 1.32. The first-order valence-corrected chi connectivity index (χ1v) is 3.68. The van der Waals surface area contributed by atoms with Gasteiger partial charge >= 0.3 is 6.18 Å². The van der Waals surface area contributed by atoms with Crippen LogP contribution in [0.4, 0.5) is 17.6 Å². The van der Waals surface area contributed by atoms with E-state index < -0.39 is 17.7 Å². The number of fused-ring (bicyclic) bond motifs is 1. The molecule has 0 atom stereocenters. The van der Waals surface area contributed by atoms with Crippen LogP contribution in [0.25, 0.3) is 5.52 Å². The van der Waals surface area contributed by atoms with E-state index in [1.807, 2.05) is 0 Å². The van der Waals surface area contributed by atoms with Crippen molar-refractivity contribution >= 4 is 5.52 Å². The highest BCUT2D eigenvalue weighted by Gasteiger charge is 2.35. The fourth-order valence-corrected chi connectivity index (χ4v) is 1.19. The molecule has 2 heterocycles. The van der Waals surface area contributed by atoms with E-state index in [1.165, 1.54) is 0 Å². The molecule has 2 aromatic heterocycles. The van der Waals surface area contributed by atoms with Crippen molar-refractivity contribution in [1.29, 1.82) is 0 Å². The lowest BCUT2D eigenvalue weighted by molar-refractivity contribution is -0.139. The topological polar surface area (TPSA) is 17.3 Å². The van der Waals surface area contributed by atoms with Gasteiger partial charge in [0.15, 0.2) is 5.69 Å². The molecule has 0 radical (unpaired) electrons. The predicted molar refractivity (Wildman–Crippen MR) is 40.2 cm³/mol. The Morgan fingerprint density at radius 2 is 1.93 bits per heavy atom. The van der Waals surface area contributed by atoms with Crippen molar-refractivity contribution in [2.45, 2.75) is 6.18 Å². The van der Waals surface area contributed by atoms with E-state index in [0.29, 0.717) is 0 Å². The standard InChI is InChI=1S/C8H4F4N2/c9-5-1-2-6-7(8(10,11)12)13-4-14(6)3-5/h1-4H. The number of rotatable bonds is 0. The van der Waals surface area contributed by atoms with Gasteiger partial charge in [0.2, 0.25) is 0 Å². The first kappa shape index (κ1) is 8.98. The molecular formula is C8H4F4N2. The Hall–Kier alpha value is -1.59. The Labute approximate surface area is 75.8 Å². The Morgan fingerprint density at radius 3 is 2.57 bits per heavy atom. The largest absolute Gasteiger partial charge is 0.435 e. The number of halogens is 4. The summed E-state index contributed by atoms with van der Waals surface area (Å²) in [7, 11) is 0. The quantitative estimate of drug-likeness (QED) is 0.602. The minimum Gasteiger partial charge on any atom is -0.303 e. The van der Waals surface area contributed by atoms with Crippen LogP contribution in [0.5, 0.6) is 0 Å². The minimum atomic E-state index is -4.51. The maximum absolute atomic E-state index is 12.6. The predicted octanol–water partition coefficient (Wildman–Crippen LogP) is 2.49. The lowest BCUT2D eigenvalue weighted by atomic mass is 10.3. The molecule has 0 aliphatic carbocycles. The molecule has 2 nitrogen and oxygen atoms in total. The van der Waals surface area contributed by atoms with Crippen molar-refractivity contribution in [3.63, 3.8) is 0 Å². The van der Waals surface area contributed by atoms with Gasteiger partial charge in [0.1, 0.15) is 12.1 Å². The van der Waals surface area contributed by atoms with Gasteiger partial charge in [0, 0.05) is 6.20 Å². The molecule has 0 saturated heterocycles. The number of imidazole rings is 1. The van der Waals surface area contributed by atoms with Crippen LogP contribution < -0.4 is 0 Å². The van der Waals surface area contributed by atoms with Crippen LogP contribution in [0, 0.1) is 5.82 Å². The Kier molecular flexibility index (Phi) is 1.73. The first-order valence-electron chi connectivity index (χ1n) is 3.68. The van der Waals surface area contributed by atoms with Crippen molar-refractivity contribution in [2.24, 2.45) is 0 Å². The van der Waals surface area contributed by atoms with Crippen LogP contribution in [0.1, 0.15) is 5.69 Å². The van der Waals surface area contributed by atoms with E-state index in [-0.39, 0.29) is 5.52 Å². The van der Waals surface area contributed by atoms with Gasteiger partial charge < -0.3 is 4.40 Å². The lowest BCUT2D eigenvalue weighted by Crippen LogP contribution is -2.05. The van der Waals surface area contributed by atoms with Crippen molar-refractivity contribution < 1.29 is 17.6 Å². The molecule has 2 rings (SSSR count). The van der Waals surface area contributed by atoms with Gasteiger partial charge in [-0.25, -0.2) is 9.37 Å². The molecule has 6 heteroatoms. The van der Waals surface area contributed by atoms with E-state index in [2.05, 4.69) is 4.98 Å². The Balaban J connectivity index is 2.70. The zero-order chi connectivity index (χ0) is 10.3. The van der Waals surface area contributed by atoms with Crippen LogP contribution in [0.2, 0.25) is 0 Å². The van der Waals surface area contributed by atoms with E-state index in [9.17, 15) is 17.6 Å². The minimum absolute atomic E-state index is 0.154.